The number of halogens is 3. The van der Waals surface area contributed by atoms with Gasteiger partial charge in [0, 0.05) is 12.0 Å². The van der Waals surface area contributed by atoms with Crippen LogP contribution in [0.4, 0.5) is 13.2 Å². The van der Waals surface area contributed by atoms with Gasteiger partial charge in [0.2, 0.25) is 0 Å². The summed E-state index contributed by atoms with van der Waals surface area (Å²) in [6.45, 7) is -0.669. The van der Waals surface area contributed by atoms with E-state index in [1.165, 1.54) is 54.6 Å². The molecule has 0 bridgehead atoms. The van der Waals surface area contributed by atoms with Crippen molar-refractivity contribution in [3.05, 3.63) is 173 Å². The largest absolute Gasteiger partial charge is 0.489 e. The van der Waals surface area contributed by atoms with E-state index in [0.29, 0.717) is 17.9 Å². The van der Waals surface area contributed by atoms with Gasteiger partial charge in [-0.05, 0) is 58.7 Å². The van der Waals surface area contributed by atoms with Gasteiger partial charge in [-0.3, -0.25) is 0 Å². The van der Waals surface area contributed by atoms with Gasteiger partial charge >= 0.3 is 0 Å². The molecule has 268 valence electrons. The Hall–Kier alpha value is -4.55. The van der Waals surface area contributed by atoms with Crippen molar-refractivity contribution in [3.63, 3.8) is 0 Å². The molecule has 5 atom stereocenters. The molecule has 0 aromatic heterocycles. The maximum atomic E-state index is 14.9. The van der Waals surface area contributed by atoms with E-state index < -0.39 is 54.6 Å². The Morgan fingerprint density at radius 2 is 1.02 bits per heavy atom. The number of aliphatic hydroxyl groups is 3. The molecule has 0 radical (unpaired) electrons. The minimum atomic E-state index is -1.74. The first-order chi connectivity index (χ1) is 24.8. The van der Waals surface area contributed by atoms with Crippen LogP contribution in [-0.2, 0) is 47.1 Å². The first-order valence-electron chi connectivity index (χ1n) is 16.6. The van der Waals surface area contributed by atoms with Gasteiger partial charge in [-0.15, -0.1) is 0 Å². The van der Waals surface area contributed by atoms with Crippen molar-refractivity contribution in [3.8, 4) is 5.75 Å². The quantitative estimate of drug-likeness (QED) is 0.0882. The van der Waals surface area contributed by atoms with Crippen molar-refractivity contribution < 1.29 is 47.4 Å². The van der Waals surface area contributed by atoms with E-state index in [2.05, 4.69) is 0 Å². The molecule has 5 rings (SSSR count). The molecule has 1 unspecified atom stereocenters. The van der Waals surface area contributed by atoms with Gasteiger partial charge in [0.15, 0.2) is 0 Å². The number of aliphatic hydroxyl groups excluding tert-OH is 3. The molecule has 5 aromatic rings. The first kappa shape index (κ1) is 37.7. The van der Waals surface area contributed by atoms with Crippen LogP contribution in [0, 0.1) is 17.5 Å². The van der Waals surface area contributed by atoms with Crippen LogP contribution >= 0.6 is 0 Å². The lowest BCUT2D eigenvalue weighted by atomic mass is 9.94. The van der Waals surface area contributed by atoms with Crippen molar-refractivity contribution in [2.75, 3.05) is 6.61 Å². The molecule has 0 aliphatic rings. The fourth-order valence-corrected chi connectivity index (χ4v) is 5.46. The van der Waals surface area contributed by atoms with Crippen LogP contribution in [-0.4, -0.2) is 52.4 Å². The Morgan fingerprint density at radius 1 is 0.490 bits per heavy atom. The highest BCUT2D eigenvalue weighted by atomic mass is 19.1. The topological polar surface area (TPSA) is 97.6 Å². The van der Waals surface area contributed by atoms with Gasteiger partial charge in [0.1, 0.15) is 54.2 Å². The molecular weight excluding hydrogens is 661 g/mol. The second kappa shape index (κ2) is 19.2. The number of rotatable bonds is 19. The van der Waals surface area contributed by atoms with E-state index in [-0.39, 0.29) is 37.4 Å². The molecule has 0 saturated carbocycles. The summed E-state index contributed by atoms with van der Waals surface area (Å²) in [7, 11) is 0. The summed E-state index contributed by atoms with van der Waals surface area (Å²) in [5, 5.41) is 33.3. The van der Waals surface area contributed by atoms with Crippen molar-refractivity contribution in [2.45, 2.75) is 63.4 Å². The molecule has 0 aliphatic carbocycles. The lowest BCUT2D eigenvalue weighted by molar-refractivity contribution is -0.184. The summed E-state index contributed by atoms with van der Waals surface area (Å²) in [6, 6.07) is 34.3. The Kier molecular flexibility index (Phi) is 14.2. The van der Waals surface area contributed by atoms with Crippen LogP contribution in [0.2, 0.25) is 0 Å². The first-order valence-corrected chi connectivity index (χ1v) is 16.6. The zero-order valence-corrected chi connectivity index (χ0v) is 27.9. The van der Waals surface area contributed by atoms with Gasteiger partial charge in [-0.1, -0.05) is 91.0 Å². The second-order valence-electron chi connectivity index (χ2n) is 12.1. The van der Waals surface area contributed by atoms with E-state index in [1.807, 2.05) is 30.3 Å². The van der Waals surface area contributed by atoms with Crippen molar-refractivity contribution >= 4 is 0 Å². The van der Waals surface area contributed by atoms with Gasteiger partial charge in [-0.2, -0.15) is 0 Å². The maximum Gasteiger partial charge on any atom is 0.128 e. The van der Waals surface area contributed by atoms with E-state index >= 15 is 0 Å². The molecule has 10 heteroatoms. The molecule has 51 heavy (non-hydrogen) atoms. The van der Waals surface area contributed by atoms with Crippen LogP contribution in [0.15, 0.2) is 127 Å². The summed E-state index contributed by atoms with van der Waals surface area (Å²) < 4.78 is 67.1. The van der Waals surface area contributed by atoms with Gasteiger partial charge in [0.05, 0.1) is 32.5 Å². The van der Waals surface area contributed by atoms with Crippen LogP contribution < -0.4 is 4.74 Å². The Balaban J connectivity index is 1.32. The standard InChI is InChI=1S/C41H41F3O7/c42-33-18-14-29(15-19-33)26-51-41(37(22-31-10-4-6-12-35(31)43)50-27-32-11-5-7-13-36(32)44)40(47)39(46)38(23-45)49-25-30-16-20-34(21-17-30)48-24-28-8-2-1-3-9-28/h1-21,37-41,45-47H,22-27H2/t37?,38-,39-,40+,41-/m1/s1. The summed E-state index contributed by atoms with van der Waals surface area (Å²) >= 11 is 0. The molecule has 0 aliphatic heterocycles. The average molecular weight is 703 g/mol. The van der Waals surface area contributed by atoms with E-state index in [9.17, 15) is 28.5 Å². The highest BCUT2D eigenvalue weighted by molar-refractivity contribution is 5.27. The Morgan fingerprint density at radius 3 is 1.65 bits per heavy atom. The zero-order chi connectivity index (χ0) is 36.0. The van der Waals surface area contributed by atoms with Crippen molar-refractivity contribution in [2.24, 2.45) is 0 Å². The zero-order valence-electron chi connectivity index (χ0n) is 27.9. The average Bonchev–Trinajstić information content (AvgIpc) is 3.16. The molecule has 0 saturated heterocycles. The normalized spacial score (nSPS) is 14.4. The highest BCUT2D eigenvalue weighted by Gasteiger charge is 2.39. The number of hydrogen-bond donors (Lipinski definition) is 3. The minimum Gasteiger partial charge on any atom is -0.489 e. The lowest BCUT2D eigenvalue weighted by Crippen LogP contribution is -2.53. The number of ether oxygens (including phenoxy) is 4. The summed E-state index contributed by atoms with van der Waals surface area (Å²) in [4.78, 5) is 0. The lowest BCUT2D eigenvalue weighted by Gasteiger charge is -2.35. The summed E-state index contributed by atoms with van der Waals surface area (Å²) in [6.07, 6.45) is -7.32. The van der Waals surface area contributed by atoms with Crippen LogP contribution in [0.1, 0.15) is 27.8 Å². The molecule has 3 N–H and O–H groups in total. The third kappa shape index (κ3) is 11.2. The Labute approximate surface area is 295 Å². The second-order valence-corrected chi connectivity index (χ2v) is 12.1. The minimum absolute atomic E-state index is 0.0164. The molecule has 0 amide bonds. The molecule has 7 nitrogen and oxygen atoms in total. The number of hydrogen-bond acceptors (Lipinski definition) is 7. The third-order valence-electron chi connectivity index (χ3n) is 8.39. The fourth-order valence-electron chi connectivity index (χ4n) is 5.46. The van der Waals surface area contributed by atoms with Crippen molar-refractivity contribution in [1.82, 2.24) is 0 Å². The molecular formula is C41H41F3O7. The summed E-state index contributed by atoms with van der Waals surface area (Å²) in [5.41, 5.74) is 2.75. The summed E-state index contributed by atoms with van der Waals surface area (Å²) in [5.74, 6) is -0.851. The smallest absolute Gasteiger partial charge is 0.128 e. The number of benzene rings is 5. The van der Waals surface area contributed by atoms with Crippen molar-refractivity contribution in [1.29, 1.82) is 0 Å². The molecule has 5 aromatic carbocycles. The Bertz CT molecular complexity index is 1760. The van der Waals surface area contributed by atoms with Crippen LogP contribution in [0.25, 0.3) is 0 Å². The predicted octanol–water partition coefficient (Wildman–Crippen LogP) is 6.70. The van der Waals surface area contributed by atoms with Crippen LogP contribution in [0.5, 0.6) is 5.75 Å². The highest BCUT2D eigenvalue weighted by Crippen LogP contribution is 2.24. The monoisotopic (exact) mass is 702 g/mol. The van der Waals surface area contributed by atoms with Gasteiger partial charge in [0.25, 0.3) is 0 Å². The SMILES string of the molecule is OC[C@@H](OCc1ccc(OCc2ccccc2)cc1)[C@@H](O)[C@H](O)[C@H](OCc1ccc(F)cc1)C(Cc1ccccc1F)OCc1ccccc1F. The van der Waals surface area contributed by atoms with Crippen LogP contribution in [0.3, 0.4) is 0 Å². The van der Waals surface area contributed by atoms with E-state index in [4.69, 9.17) is 18.9 Å². The maximum absolute atomic E-state index is 14.9. The van der Waals surface area contributed by atoms with Gasteiger partial charge in [-0.25, -0.2) is 13.2 Å². The van der Waals surface area contributed by atoms with E-state index in [1.54, 1.807) is 42.5 Å². The fraction of sp³-hybridized carbons (Fsp3) is 0.268. The molecule has 0 heterocycles. The van der Waals surface area contributed by atoms with Gasteiger partial charge < -0.3 is 34.3 Å². The van der Waals surface area contributed by atoms with E-state index in [0.717, 1.165) is 11.1 Å². The molecule has 0 fully saturated rings. The predicted molar refractivity (Wildman–Crippen MR) is 185 cm³/mol. The third-order valence-corrected chi connectivity index (χ3v) is 8.39. The molecule has 0 spiro atoms.